The number of allylic oxidation sites excluding steroid dienone is 3. The van der Waals surface area contributed by atoms with Gasteiger partial charge in [-0.25, -0.2) is 0 Å². The molecule has 1 N–H and O–H groups in total. The number of carbonyl (C=O) groups is 1. The molecule has 0 aromatic carbocycles. The Balaban J connectivity index is 1.71. The number of hydrogen-bond donors (Lipinski definition) is 1. The molecule has 5 rings (SSSR count). The van der Waals surface area contributed by atoms with Crippen LogP contribution in [0.4, 0.5) is 0 Å². The molecule has 1 aromatic heterocycles. The molecule has 2 unspecified atom stereocenters. The number of pyridine rings is 1. The minimum atomic E-state index is -1.39. The molecule has 6 nitrogen and oxygen atoms in total. The number of rotatable bonds is 1. The van der Waals surface area contributed by atoms with Crippen LogP contribution >= 0.6 is 0 Å². The highest BCUT2D eigenvalue weighted by molar-refractivity contribution is 6.14. The second kappa shape index (κ2) is 5.63. The summed E-state index contributed by atoms with van der Waals surface area (Å²) in [4.78, 5) is 30.0. The molecule has 0 bridgehead atoms. The zero-order valence-corrected chi connectivity index (χ0v) is 15.0. The second-order valence-electron chi connectivity index (χ2n) is 7.54. The quantitative estimate of drug-likeness (QED) is 0.770. The van der Waals surface area contributed by atoms with Crippen molar-refractivity contribution >= 4 is 11.7 Å². The van der Waals surface area contributed by atoms with E-state index >= 15 is 0 Å². The Morgan fingerprint density at radius 3 is 2.96 bits per heavy atom. The van der Waals surface area contributed by atoms with Crippen molar-refractivity contribution in [2.24, 2.45) is 10.9 Å². The van der Waals surface area contributed by atoms with Crippen molar-refractivity contribution in [1.82, 2.24) is 4.57 Å². The number of fused-ring (bicyclic) bond motifs is 5. The molecule has 3 aliphatic heterocycles. The Labute approximate surface area is 156 Å². The second-order valence-corrected chi connectivity index (χ2v) is 7.54. The van der Waals surface area contributed by atoms with Crippen LogP contribution in [0.15, 0.2) is 51.8 Å². The molecule has 1 aromatic rings. The maximum Gasteiger partial charge on any atom is 0.309 e. The molecule has 1 aliphatic carbocycles. The number of dihydropyridines is 1. The lowest BCUT2D eigenvalue weighted by atomic mass is 9.85. The fraction of sp³-hybridized carbons (Fsp3) is 0.381. The summed E-state index contributed by atoms with van der Waals surface area (Å²) in [6.07, 6.45) is 10.5. The number of nitrogens with zero attached hydrogens (tertiary/aromatic N) is 2. The van der Waals surface area contributed by atoms with Gasteiger partial charge >= 0.3 is 5.97 Å². The molecule has 138 valence electrons. The van der Waals surface area contributed by atoms with Crippen molar-refractivity contribution in [3.05, 3.63) is 69.2 Å². The van der Waals surface area contributed by atoms with Crippen LogP contribution in [-0.2, 0) is 28.3 Å². The van der Waals surface area contributed by atoms with E-state index in [1.54, 1.807) is 11.5 Å². The molecule has 0 spiro atoms. The fourth-order valence-corrected chi connectivity index (χ4v) is 4.42. The van der Waals surface area contributed by atoms with Crippen LogP contribution in [0.5, 0.6) is 0 Å². The molecular weight excluding hydrogens is 344 g/mol. The van der Waals surface area contributed by atoms with Gasteiger partial charge in [0.15, 0.2) is 0 Å². The molecule has 0 amide bonds. The Morgan fingerprint density at radius 1 is 1.33 bits per heavy atom. The molecular formula is C21H20N2O4. The Kier molecular flexibility index (Phi) is 3.43. The van der Waals surface area contributed by atoms with Crippen LogP contribution in [0.3, 0.4) is 0 Å². The lowest BCUT2D eigenvalue weighted by molar-refractivity contribution is -0.149. The number of hydrogen-bond acceptors (Lipinski definition) is 5. The van der Waals surface area contributed by atoms with E-state index in [9.17, 15) is 14.7 Å². The highest BCUT2D eigenvalue weighted by Crippen LogP contribution is 2.37. The Hall–Kier alpha value is -2.73. The first-order chi connectivity index (χ1) is 13.0. The van der Waals surface area contributed by atoms with Crippen molar-refractivity contribution in [2.75, 3.05) is 0 Å². The van der Waals surface area contributed by atoms with Gasteiger partial charge in [0.05, 0.1) is 36.0 Å². The summed E-state index contributed by atoms with van der Waals surface area (Å²) in [5.41, 5.74) is 1.82. The smallest absolute Gasteiger partial charge is 0.309 e. The van der Waals surface area contributed by atoms with Gasteiger partial charge in [-0.05, 0) is 23.6 Å². The molecule has 4 aliphatic rings. The first-order valence-corrected chi connectivity index (χ1v) is 9.29. The van der Waals surface area contributed by atoms with Crippen molar-refractivity contribution in [2.45, 2.75) is 44.6 Å². The van der Waals surface area contributed by atoms with E-state index in [4.69, 9.17) is 9.73 Å². The minimum absolute atomic E-state index is 0.0317. The predicted octanol–water partition coefficient (Wildman–Crippen LogP) is 1.75. The first-order valence-electron chi connectivity index (χ1n) is 9.29. The van der Waals surface area contributed by atoms with Gasteiger partial charge in [-0.2, -0.15) is 0 Å². The first kappa shape index (κ1) is 16.4. The average molecular weight is 364 g/mol. The standard InChI is InChI=1S/C21H20N2O4/c1-2-21(26)9-18(24)27-11-14-15(21)8-17-19-13(10-23(17)20(14)25)7-12-5-3-4-6-16(12)22-19/h3-8,12,16,26H,2,9-11H2,1H3/t12?,16?,21-/m1/s1. The van der Waals surface area contributed by atoms with Crippen LogP contribution < -0.4 is 5.56 Å². The van der Waals surface area contributed by atoms with Crippen LogP contribution in [0, 0.1) is 5.92 Å². The van der Waals surface area contributed by atoms with E-state index in [0.29, 0.717) is 29.8 Å². The molecule has 27 heavy (non-hydrogen) atoms. The topological polar surface area (TPSA) is 80.9 Å². The molecule has 6 heteroatoms. The Morgan fingerprint density at radius 2 is 2.15 bits per heavy atom. The third-order valence-corrected chi connectivity index (χ3v) is 5.99. The van der Waals surface area contributed by atoms with Gasteiger partial charge in [0.1, 0.15) is 12.2 Å². The molecule has 4 heterocycles. The van der Waals surface area contributed by atoms with Crippen LogP contribution in [0.25, 0.3) is 0 Å². The number of aliphatic hydroxyl groups is 1. The number of cyclic esters (lactones) is 1. The minimum Gasteiger partial charge on any atom is -0.460 e. The summed E-state index contributed by atoms with van der Waals surface area (Å²) >= 11 is 0. The molecule has 0 fully saturated rings. The monoisotopic (exact) mass is 364 g/mol. The SMILES string of the molecule is CC[C@@]1(O)CC(=O)OCc2c1cc1n(c2=O)CC2=CC3C=CC=CC3N=C21. The summed E-state index contributed by atoms with van der Waals surface area (Å²) in [5.74, 6) is -0.275. The van der Waals surface area contributed by atoms with Gasteiger partial charge in [0.25, 0.3) is 5.56 Å². The summed E-state index contributed by atoms with van der Waals surface area (Å²) < 4.78 is 6.87. The zero-order valence-electron chi connectivity index (χ0n) is 15.0. The predicted molar refractivity (Wildman–Crippen MR) is 99.5 cm³/mol. The maximum absolute atomic E-state index is 13.2. The molecule has 3 atom stereocenters. The van der Waals surface area contributed by atoms with Crippen LogP contribution in [-0.4, -0.2) is 27.4 Å². The average Bonchev–Trinajstić information content (AvgIpc) is 2.96. The van der Waals surface area contributed by atoms with Crippen molar-refractivity contribution in [1.29, 1.82) is 0 Å². The molecule has 0 radical (unpaired) electrons. The summed E-state index contributed by atoms with van der Waals surface area (Å²) in [5, 5.41) is 11.1. The number of carbonyl (C=O) groups excluding carboxylic acids is 1. The van der Waals surface area contributed by atoms with Gasteiger partial charge in [-0.1, -0.05) is 37.3 Å². The van der Waals surface area contributed by atoms with E-state index in [1.807, 2.05) is 18.2 Å². The Bertz CT molecular complexity index is 1040. The van der Waals surface area contributed by atoms with Crippen molar-refractivity contribution < 1.29 is 14.6 Å². The number of esters is 1. The van der Waals surface area contributed by atoms with Crippen LogP contribution in [0.2, 0.25) is 0 Å². The van der Waals surface area contributed by atoms with Gasteiger partial charge in [-0.15, -0.1) is 0 Å². The molecule has 0 saturated heterocycles. The van der Waals surface area contributed by atoms with Crippen molar-refractivity contribution in [3.63, 3.8) is 0 Å². The van der Waals surface area contributed by atoms with E-state index in [2.05, 4.69) is 18.2 Å². The van der Waals surface area contributed by atoms with E-state index in [-0.39, 0.29) is 30.5 Å². The van der Waals surface area contributed by atoms with E-state index in [0.717, 1.165) is 11.3 Å². The fourth-order valence-electron chi connectivity index (χ4n) is 4.42. The van der Waals surface area contributed by atoms with Gasteiger partial charge in [0.2, 0.25) is 0 Å². The summed E-state index contributed by atoms with van der Waals surface area (Å²) in [7, 11) is 0. The normalized spacial score (nSPS) is 30.4. The third kappa shape index (κ3) is 2.33. The molecule has 0 saturated carbocycles. The third-order valence-electron chi connectivity index (χ3n) is 5.99. The van der Waals surface area contributed by atoms with Crippen LogP contribution in [0.1, 0.15) is 36.6 Å². The lowest BCUT2D eigenvalue weighted by Crippen LogP contribution is -2.33. The lowest BCUT2D eigenvalue weighted by Gasteiger charge is -2.26. The zero-order chi connectivity index (χ0) is 18.8. The highest BCUT2D eigenvalue weighted by Gasteiger charge is 2.40. The number of aromatic nitrogens is 1. The van der Waals surface area contributed by atoms with E-state index < -0.39 is 11.6 Å². The summed E-state index contributed by atoms with van der Waals surface area (Å²) in [6.45, 7) is 2.16. The van der Waals surface area contributed by atoms with Gasteiger partial charge in [0, 0.05) is 5.92 Å². The number of ether oxygens (including phenoxy) is 1. The maximum atomic E-state index is 13.2. The highest BCUT2D eigenvalue weighted by atomic mass is 16.5. The number of aliphatic imine (C=N–C) groups is 1. The van der Waals surface area contributed by atoms with Crippen molar-refractivity contribution in [3.8, 4) is 0 Å². The largest absolute Gasteiger partial charge is 0.460 e. The van der Waals surface area contributed by atoms with Gasteiger partial charge in [-0.3, -0.25) is 14.6 Å². The van der Waals surface area contributed by atoms with Gasteiger partial charge < -0.3 is 14.4 Å². The summed E-state index contributed by atoms with van der Waals surface area (Å²) in [6, 6.07) is 1.87. The van der Waals surface area contributed by atoms with E-state index in [1.165, 1.54) is 0 Å².